The van der Waals surface area contributed by atoms with Crippen molar-refractivity contribution in [2.75, 3.05) is 0 Å². The topological polar surface area (TPSA) is 17.1 Å². The van der Waals surface area contributed by atoms with Crippen molar-refractivity contribution in [1.82, 2.24) is 0 Å². The lowest BCUT2D eigenvalue weighted by Gasteiger charge is -2.33. The molecule has 0 saturated heterocycles. The van der Waals surface area contributed by atoms with Crippen molar-refractivity contribution in [3.8, 4) is 0 Å². The van der Waals surface area contributed by atoms with Gasteiger partial charge in [0, 0.05) is 6.42 Å². The third kappa shape index (κ3) is 4.45. The molecule has 0 heterocycles. The monoisotopic (exact) mass is 288 g/mol. The van der Waals surface area contributed by atoms with Gasteiger partial charge in [0.15, 0.2) is 0 Å². The fourth-order valence-electron chi connectivity index (χ4n) is 2.86. The molecule has 0 fully saturated rings. The summed E-state index contributed by atoms with van der Waals surface area (Å²) in [7, 11) is -1.67. The SMILES string of the molecule is CCC/C=C(\C)[C@H](CC(C)=O)[Si](C)(C)c1ccccc1. The van der Waals surface area contributed by atoms with Crippen LogP contribution in [0.1, 0.15) is 40.0 Å². The van der Waals surface area contributed by atoms with Gasteiger partial charge in [-0.2, -0.15) is 0 Å². The molecule has 0 N–H and O–H groups in total. The quantitative estimate of drug-likeness (QED) is 0.525. The smallest absolute Gasteiger partial charge is 0.130 e. The largest absolute Gasteiger partial charge is 0.300 e. The van der Waals surface area contributed by atoms with E-state index in [1.54, 1.807) is 6.92 Å². The molecule has 1 atom stereocenters. The van der Waals surface area contributed by atoms with E-state index in [0.29, 0.717) is 17.7 Å². The normalized spacial score (nSPS) is 14.2. The maximum absolute atomic E-state index is 11.7. The molecular weight excluding hydrogens is 260 g/mol. The van der Waals surface area contributed by atoms with Gasteiger partial charge in [0.05, 0.1) is 8.07 Å². The van der Waals surface area contributed by atoms with Gasteiger partial charge in [-0.25, -0.2) is 0 Å². The van der Waals surface area contributed by atoms with E-state index in [0.717, 1.165) is 12.8 Å². The van der Waals surface area contributed by atoms with Gasteiger partial charge in [0.25, 0.3) is 0 Å². The molecular formula is C18H28OSi. The van der Waals surface area contributed by atoms with Gasteiger partial charge in [0.1, 0.15) is 5.78 Å². The van der Waals surface area contributed by atoms with Crippen LogP contribution in [0.15, 0.2) is 42.0 Å². The molecule has 0 bridgehead atoms. The van der Waals surface area contributed by atoms with Crippen molar-refractivity contribution in [1.29, 1.82) is 0 Å². The summed E-state index contributed by atoms with van der Waals surface area (Å²) in [5.74, 6) is 0.302. The van der Waals surface area contributed by atoms with E-state index in [2.05, 4.69) is 63.3 Å². The van der Waals surface area contributed by atoms with Crippen molar-refractivity contribution in [3.63, 3.8) is 0 Å². The summed E-state index contributed by atoms with van der Waals surface area (Å²) in [6.07, 6.45) is 5.29. The highest BCUT2D eigenvalue weighted by Crippen LogP contribution is 2.33. The molecule has 2 heteroatoms. The molecule has 0 unspecified atom stereocenters. The number of carbonyl (C=O) groups is 1. The molecule has 0 aliphatic rings. The highest BCUT2D eigenvalue weighted by molar-refractivity contribution is 6.91. The zero-order valence-corrected chi connectivity index (χ0v) is 14.6. The van der Waals surface area contributed by atoms with E-state index < -0.39 is 8.07 Å². The molecule has 1 rings (SSSR count). The van der Waals surface area contributed by atoms with Gasteiger partial charge in [-0.05, 0) is 25.8 Å². The van der Waals surface area contributed by atoms with Gasteiger partial charge < -0.3 is 4.79 Å². The fourth-order valence-corrected chi connectivity index (χ4v) is 6.36. The van der Waals surface area contributed by atoms with Gasteiger partial charge >= 0.3 is 0 Å². The number of benzene rings is 1. The number of unbranched alkanes of at least 4 members (excludes halogenated alkanes) is 1. The predicted octanol–water partition coefficient (Wildman–Crippen LogP) is 4.70. The molecule has 0 saturated carbocycles. The molecule has 20 heavy (non-hydrogen) atoms. The van der Waals surface area contributed by atoms with Gasteiger partial charge in [0.2, 0.25) is 0 Å². The molecule has 0 spiro atoms. The van der Waals surface area contributed by atoms with Gasteiger partial charge in [-0.3, -0.25) is 0 Å². The van der Waals surface area contributed by atoms with Crippen LogP contribution in [0.3, 0.4) is 0 Å². The highest BCUT2D eigenvalue weighted by Gasteiger charge is 2.35. The summed E-state index contributed by atoms with van der Waals surface area (Å²) in [6.45, 7) is 10.9. The van der Waals surface area contributed by atoms with Crippen molar-refractivity contribution in [2.45, 2.75) is 58.7 Å². The predicted molar refractivity (Wildman–Crippen MR) is 91.3 cm³/mol. The van der Waals surface area contributed by atoms with E-state index in [4.69, 9.17) is 0 Å². The Hall–Kier alpha value is -1.15. The van der Waals surface area contributed by atoms with Crippen molar-refractivity contribution in [2.24, 2.45) is 0 Å². The van der Waals surface area contributed by atoms with Crippen LogP contribution in [0.4, 0.5) is 0 Å². The zero-order valence-electron chi connectivity index (χ0n) is 13.6. The van der Waals surface area contributed by atoms with Crippen LogP contribution in [0.2, 0.25) is 18.6 Å². The maximum Gasteiger partial charge on any atom is 0.130 e. The Morgan fingerprint density at radius 2 is 1.80 bits per heavy atom. The molecule has 1 aromatic rings. The minimum Gasteiger partial charge on any atom is -0.300 e. The van der Waals surface area contributed by atoms with E-state index in [9.17, 15) is 4.79 Å². The minimum absolute atomic E-state index is 0.302. The van der Waals surface area contributed by atoms with Crippen molar-refractivity contribution in [3.05, 3.63) is 42.0 Å². The summed E-state index contributed by atoms with van der Waals surface area (Å²) >= 11 is 0. The number of hydrogen-bond donors (Lipinski definition) is 0. The Balaban J connectivity index is 3.12. The number of carbonyl (C=O) groups excluding carboxylic acids is 1. The minimum atomic E-state index is -1.67. The molecule has 1 nitrogen and oxygen atoms in total. The zero-order chi connectivity index (χ0) is 15.2. The summed E-state index contributed by atoms with van der Waals surface area (Å²) in [5, 5.41) is 1.44. The number of ketones is 1. The molecule has 1 aromatic carbocycles. The first-order valence-electron chi connectivity index (χ1n) is 7.61. The average Bonchev–Trinajstić information content (AvgIpc) is 2.42. The standard InChI is InChI=1S/C18H28OSi/c1-6-7-11-15(2)18(14-16(3)19)20(4,5)17-12-9-8-10-13-17/h8-13,18H,6-7,14H2,1-5H3/b15-11+/t18-/m0/s1. The Morgan fingerprint density at radius 1 is 1.20 bits per heavy atom. The third-order valence-electron chi connectivity index (χ3n) is 4.19. The first kappa shape index (κ1) is 16.9. The summed E-state index contributed by atoms with van der Waals surface area (Å²) < 4.78 is 0. The van der Waals surface area contributed by atoms with Crippen LogP contribution in [0, 0.1) is 0 Å². The Bertz CT molecular complexity index is 460. The second-order valence-corrected chi connectivity index (χ2v) is 11.0. The summed E-state index contributed by atoms with van der Waals surface area (Å²) in [5.41, 5.74) is 1.82. The second kappa shape index (κ2) is 7.58. The van der Waals surface area contributed by atoms with Crippen LogP contribution in [0.25, 0.3) is 0 Å². The number of Topliss-reactive ketones (excluding diaryl/α,β-unsaturated/α-hetero) is 1. The van der Waals surface area contributed by atoms with Crippen LogP contribution >= 0.6 is 0 Å². The summed E-state index contributed by atoms with van der Waals surface area (Å²) in [6, 6.07) is 10.7. The van der Waals surface area contributed by atoms with Crippen LogP contribution in [0.5, 0.6) is 0 Å². The lowest BCUT2D eigenvalue weighted by Crippen LogP contribution is -2.46. The van der Waals surface area contributed by atoms with Crippen molar-refractivity contribution < 1.29 is 4.79 Å². The van der Waals surface area contributed by atoms with Crippen LogP contribution in [-0.4, -0.2) is 13.9 Å². The Labute approximate surface area is 125 Å². The third-order valence-corrected chi connectivity index (χ3v) is 8.41. The summed E-state index contributed by atoms with van der Waals surface area (Å²) in [4.78, 5) is 11.7. The Kier molecular flexibility index (Phi) is 6.41. The lowest BCUT2D eigenvalue weighted by molar-refractivity contribution is -0.116. The number of allylic oxidation sites excluding steroid dienone is 2. The molecule has 0 aliphatic carbocycles. The van der Waals surface area contributed by atoms with Gasteiger partial charge in [-0.15, -0.1) is 0 Å². The van der Waals surface area contributed by atoms with Crippen molar-refractivity contribution >= 4 is 19.0 Å². The second-order valence-electron chi connectivity index (χ2n) is 6.28. The first-order chi connectivity index (χ1) is 9.39. The van der Waals surface area contributed by atoms with E-state index >= 15 is 0 Å². The van der Waals surface area contributed by atoms with Crippen LogP contribution in [-0.2, 0) is 4.79 Å². The van der Waals surface area contributed by atoms with E-state index in [1.807, 2.05) is 0 Å². The van der Waals surface area contributed by atoms with E-state index in [-0.39, 0.29) is 0 Å². The van der Waals surface area contributed by atoms with Gasteiger partial charge in [-0.1, -0.05) is 73.6 Å². The molecule has 110 valence electrons. The number of rotatable bonds is 7. The molecule has 0 radical (unpaired) electrons. The van der Waals surface area contributed by atoms with E-state index in [1.165, 1.54) is 10.8 Å². The maximum atomic E-state index is 11.7. The number of hydrogen-bond acceptors (Lipinski definition) is 1. The fraction of sp³-hybridized carbons (Fsp3) is 0.500. The molecule has 0 aliphatic heterocycles. The lowest BCUT2D eigenvalue weighted by atomic mass is 10.1. The average molecular weight is 289 g/mol. The first-order valence-corrected chi connectivity index (χ1v) is 10.7. The molecule has 0 amide bonds. The highest BCUT2D eigenvalue weighted by atomic mass is 28.3. The van der Waals surface area contributed by atoms with Crippen LogP contribution < -0.4 is 5.19 Å². The molecule has 0 aromatic heterocycles. The Morgan fingerprint density at radius 3 is 2.30 bits per heavy atom.